The van der Waals surface area contributed by atoms with Gasteiger partial charge in [0.15, 0.2) is 15.4 Å². The van der Waals surface area contributed by atoms with E-state index in [1.807, 2.05) is 47.8 Å². The Hall–Kier alpha value is -2.62. The first-order chi connectivity index (χ1) is 15.0. The molecule has 0 aliphatic carbocycles. The molecular formula is C22H20N2O4S3. The zero-order valence-electron chi connectivity index (χ0n) is 16.6. The van der Waals surface area contributed by atoms with E-state index in [0.717, 1.165) is 10.4 Å². The minimum atomic E-state index is -3.32. The van der Waals surface area contributed by atoms with Crippen LogP contribution in [0.5, 0.6) is 0 Å². The Bertz CT molecular complexity index is 1280. The van der Waals surface area contributed by atoms with Gasteiger partial charge in [-0.25, -0.2) is 13.4 Å². The molecule has 0 saturated heterocycles. The third-order valence-electron chi connectivity index (χ3n) is 4.67. The van der Waals surface area contributed by atoms with Crippen LogP contribution in [0.2, 0.25) is 0 Å². The van der Waals surface area contributed by atoms with E-state index in [0.29, 0.717) is 16.3 Å². The van der Waals surface area contributed by atoms with Crippen molar-refractivity contribution in [2.24, 2.45) is 0 Å². The van der Waals surface area contributed by atoms with Crippen LogP contribution in [0.3, 0.4) is 0 Å². The number of nitrogens with one attached hydrogen (secondary N) is 1. The summed E-state index contributed by atoms with van der Waals surface area (Å²) in [5.41, 5.74) is 1.95. The van der Waals surface area contributed by atoms with Gasteiger partial charge in [0.2, 0.25) is 5.91 Å². The maximum Gasteiger partial charge on any atom is 0.257 e. The van der Waals surface area contributed by atoms with Crippen LogP contribution in [0.1, 0.15) is 23.4 Å². The van der Waals surface area contributed by atoms with Crippen molar-refractivity contribution >= 4 is 49.9 Å². The highest BCUT2D eigenvalue weighted by Gasteiger charge is 2.19. The molecule has 1 atom stereocenters. The van der Waals surface area contributed by atoms with Crippen LogP contribution in [0, 0.1) is 0 Å². The maximum atomic E-state index is 12.7. The number of thiophene rings is 1. The summed E-state index contributed by atoms with van der Waals surface area (Å²) in [6.07, 6.45) is 0. The first-order valence-corrected chi connectivity index (χ1v) is 13.1. The van der Waals surface area contributed by atoms with Gasteiger partial charge in [-0.15, -0.1) is 11.3 Å². The van der Waals surface area contributed by atoms with E-state index in [1.54, 1.807) is 24.3 Å². The minimum absolute atomic E-state index is 0.0188. The highest BCUT2D eigenvalue weighted by molar-refractivity contribution is 7.99. The molecule has 0 bridgehead atoms. The number of amides is 1. The highest BCUT2D eigenvalue weighted by Crippen LogP contribution is 2.28. The average molecular weight is 473 g/mol. The number of aromatic nitrogens is 1. The number of carbonyl (C=O) groups excluding carboxylic acids is 1. The van der Waals surface area contributed by atoms with Gasteiger partial charge in [0.25, 0.3) is 5.22 Å². The summed E-state index contributed by atoms with van der Waals surface area (Å²) < 4.78 is 29.8. The topological polar surface area (TPSA) is 89.3 Å². The summed E-state index contributed by atoms with van der Waals surface area (Å²) in [5.74, 6) is -0.00386. The summed E-state index contributed by atoms with van der Waals surface area (Å²) in [7, 11) is -3.32. The molecular weight excluding hydrogens is 452 g/mol. The van der Waals surface area contributed by atoms with Crippen molar-refractivity contribution in [2.75, 3.05) is 11.5 Å². The van der Waals surface area contributed by atoms with Gasteiger partial charge in [0, 0.05) is 4.88 Å². The first-order valence-electron chi connectivity index (χ1n) is 9.60. The molecule has 0 fully saturated rings. The molecule has 0 aliphatic rings. The van der Waals surface area contributed by atoms with E-state index >= 15 is 0 Å². The molecule has 4 rings (SSSR count). The number of rotatable bonds is 8. The van der Waals surface area contributed by atoms with Crippen molar-refractivity contribution in [3.8, 4) is 0 Å². The second-order valence-electron chi connectivity index (χ2n) is 6.73. The van der Waals surface area contributed by atoms with Crippen molar-refractivity contribution in [1.82, 2.24) is 10.3 Å². The summed E-state index contributed by atoms with van der Waals surface area (Å²) in [6.45, 7) is 1.60. The molecule has 4 aromatic rings. The predicted molar refractivity (Wildman–Crippen MR) is 123 cm³/mol. The van der Waals surface area contributed by atoms with E-state index in [-0.39, 0.29) is 28.4 Å². The van der Waals surface area contributed by atoms with Crippen LogP contribution in [0.15, 0.2) is 80.6 Å². The molecule has 2 heterocycles. The second-order valence-corrected chi connectivity index (χ2v) is 10.9. The fourth-order valence-corrected chi connectivity index (χ4v) is 5.41. The second kappa shape index (κ2) is 9.25. The maximum absolute atomic E-state index is 12.7. The van der Waals surface area contributed by atoms with Gasteiger partial charge in [-0.05, 0) is 35.2 Å². The number of fused-ring (bicyclic) bond motifs is 1. The van der Waals surface area contributed by atoms with Crippen LogP contribution in [0.4, 0.5) is 0 Å². The van der Waals surface area contributed by atoms with Crippen molar-refractivity contribution in [3.63, 3.8) is 0 Å². The summed E-state index contributed by atoms with van der Waals surface area (Å²) in [4.78, 5) is 18.3. The van der Waals surface area contributed by atoms with Gasteiger partial charge >= 0.3 is 0 Å². The van der Waals surface area contributed by atoms with E-state index in [9.17, 15) is 13.2 Å². The number of sulfone groups is 1. The molecule has 1 unspecified atom stereocenters. The van der Waals surface area contributed by atoms with Gasteiger partial charge in [-0.2, -0.15) is 0 Å². The van der Waals surface area contributed by atoms with Gasteiger partial charge in [-0.1, -0.05) is 55.1 Å². The lowest BCUT2D eigenvalue weighted by Crippen LogP contribution is -2.30. The molecule has 1 amide bonds. The fourth-order valence-electron chi connectivity index (χ4n) is 3.06. The van der Waals surface area contributed by atoms with Crippen molar-refractivity contribution in [3.05, 3.63) is 76.5 Å². The molecule has 0 aliphatic heterocycles. The van der Waals surface area contributed by atoms with E-state index in [4.69, 9.17) is 4.42 Å². The number of thioether (sulfide) groups is 1. The van der Waals surface area contributed by atoms with Crippen LogP contribution < -0.4 is 5.32 Å². The molecule has 160 valence electrons. The average Bonchev–Trinajstić information content (AvgIpc) is 3.46. The van der Waals surface area contributed by atoms with Gasteiger partial charge in [0.05, 0.1) is 22.4 Å². The van der Waals surface area contributed by atoms with E-state index in [2.05, 4.69) is 10.3 Å². The lowest BCUT2D eigenvalue weighted by Gasteiger charge is -2.17. The quantitative estimate of drug-likeness (QED) is 0.375. The fraction of sp³-hybridized carbons (Fsp3) is 0.182. The van der Waals surface area contributed by atoms with E-state index < -0.39 is 9.84 Å². The standard InChI is InChI=1S/C22H20N2O4S3/c1-2-31(26,27)16-10-11-18-17(13-16)23-22(28-18)30-14-20(25)24-21(19-9-6-12-29-19)15-7-4-3-5-8-15/h3-13,21H,2,14H2,1H3,(H,24,25). The van der Waals surface area contributed by atoms with Crippen LogP contribution >= 0.6 is 23.1 Å². The third kappa shape index (κ3) is 5.00. The predicted octanol–water partition coefficient (Wildman–Crippen LogP) is 4.68. The molecule has 2 aromatic heterocycles. The minimum Gasteiger partial charge on any atom is -0.431 e. The monoisotopic (exact) mass is 472 g/mol. The molecule has 0 spiro atoms. The number of oxazole rings is 1. The third-order valence-corrected chi connectivity index (χ3v) is 8.17. The zero-order chi connectivity index (χ0) is 21.8. The number of benzene rings is 2. The molecule has 9 heteroatoms. The zero-order valence-corrected chi connectivity index (χ0v) is 19.1. The molecule has 6 nitrogen and oxygen atoms in total. The lowest BCUT2D eigenvalue weighted by atomic mass is 10.1. The molecule has 0 radical (unpaired) electrons. The van der Waals surface area contributed by atoms with Crippen molar-refractivity contribution in [1.29, 1.82) is 0 Å². The number of hydrogen-bond acceptors (Lipinski definition) is 7. The Balaban J connectivity index is 1.46. The van der Waals surface area contributed by atoms with Crippen molar-refractivity contribution < 1.29 is 17.6 Å². The lowest BCUT2D eigenvalue weighted by molar-refractivity contribution is -0.119. The molecule has 2 aromatic carbocycles. The normalized spacial score (nSPS) is 12.7. The van der Waals surface area contributed by atoms with Gasteiger partial charge < -0.3 is 9.73 Å². The smallest absolute Gasteiger partial charge is 0.257 e. The Labute approximate surface area is 188 Å². The van der Waals surface area contributed by atoms with Crippen LogP contribution in [-0.4, -0.2) is 30.8 Å². The SMILES string of the molecule is CCS(=O)(=O)c1ccc2oc(SCC(=O)NC(c3ccccc3)c3cccs3)nc2c1. The largest absolute Gasteiger partial charge is 0.431 e. The van der Waals surface area contributed by atoms with Crippen molar-refractivity contribution in [2.45, 2.75) is 23.1 Å². The number of nitrogens with zero attached hydrogens (tertiary/aromatic N) is 1. The number of hydrogen-bond donors (Lipinski definition) is 1. The molecule has 1 N–H and O–H groups in total. The Kier molecular flexibility index (Phi) is 6.45. The molecule has 0 saturated carbocycles. The van der Waals surface area contributed by atoms with Crippen LogP contribution in [-0.2, 0) is 14.6 Å². The van der Waals surface area contributed by atoms with Gasteiger partial charge in [-0.3, -0.25) is 4.79 Å². The number of carbonyl (C=O) groups is 1. The summed E-state index contributed by atoms with van der Waals surface area (Å²) in [6, 6.07) is 18.2. The first kappa shape index (κ1) is 21.6. The van der Waals surface area contributed by atoms with E-state index in [1.165, 1.54) is 23.9 Å². The molecule has 31 heavy (non-hydrogen) atoms. The van der Waals surface area contributed by atoms with Crippen LogP contribution in [0.25, 0.3) is 11.1 Å². The van der Waals surface area contributed by atoms with Gasteiger partial charge in [0.1, 0.15) is 5.52 Å². The Morgan fingerprint density at radius 1 is 1.16 bits per heavy atom. The highest BCUT2D eigenvalue weighted by atomic mass is 32.2. The summed E-state index contributed by atoms with van der Waals surface area (Å²) in [5, 5.41) is 5.38. The Morgan fingerprint density at radius 3 is 2.68 bits per heavy atom. The Morgan fingerprint density at radius 2 is 1.97 bits per heavy atom. The summed E-state index contributed by atoms with van der Waals surface area (Å²) >= 11 is 2.76.